The van der Waals surface area contributed by atoms with E-state index in [1.807, 2.05) is 29.2 Å². The number of fused-ring (bicyclic) bond motifs is 1. The van der Waals surface area contributed by atoms with E-state index in [0.29, 0.717) is 5.92 Å². The second-order valence-corrected chi connectivity index (χ2v) is 6.53. The molecule has 128 valence electrons. The summed E-state index contributed by atoms with van der Waals surface area (Å²) in [7, 11) is 0. The van der Waals surface area contributed by atoms with Gasteiger partial charge in [0, 0.05) is 25.0 Å². The number of ether oxygens (including phenoxy) is 1. The van der Waals surface area contributed by atoms with Crippen LogP contribution in [0.1, 0.15) is 50.4 Å². The maximum Gasteiger partial charge on any atom is 0.261 e. The Kier molecular flexibility index (Phi) is 4.93. The predicted molar refractivity (Wildman–Crippen MR) is 95.2 cm³/mol. The molecule has 24 heavy (non-hydrogen) atoms. The van der Waals surface area contributed by atoms with Crippen molar-refractivity contribution in [2.45, 2.75) is 45.7 Å². The number of hydrogen-bond donors (Lipinski definition) is 0. The van der Waals surface area contributed by atoms with Crippen LogP contribution < -0.4 is 4.74 Å². The second-order valence-electron chi connectivity index (χ2n) is 6.53. The van der Waals surface area contributed by atoms with Gasteiger partial charge in [-0.05, 0) is 43.0 Å². The number of rotatable bonds is 5. The third kappa shape index (κ3) is 3.18. The number of para-hydroxylation sites is 1. The zero-order chi connectivity index (χ0) is 17.1. The summed E-state index contributed by atoms with van der Waals surface area (Å²) in [4.78, 5) is 14.6. The van der Waals surface area contributed by atoms with Gasteiger partial charge >= 0.3 is 0 Å². The van der Waals surface area contributed by atoms with Crippen molar-refractivity contribution in [2.24, 2.45) is 0 Å². The molecular formula is C20H26N2O2. The van der Waals surface area contributed by atoms with Crippen LogP contribution in [0.2, 0.25) is 0 Å². The molecule has 4 nitrogen and oxygen atoms in total. The van der Waals surface area contributed by atoms with Crippen molar-refractivity contribution in [1.29, 1.82) is 0 Å². The molecular weight excluding hydrogens is 300 g/mol. The first kappa shape index (κ1) is 16.6. The van der Waals surface area contributed by atoms with Crippen molar-refractivity contribution in [3.63, 3.8) is 0 Å². The molecule has 4 heteroatoms. The number of carbonyl (C=O) groups is 1. The largest absolute Gasteiger partial charge is 0.483 e. The van der Waals surface area contributed by atoms with Gasteiger partial charge in [0.25, 0.3) is 5.91 Å². The van der Waals surface area contributed by atoms with Gasteiger partial charge in [-0.3, -0.25) is 4.79 Å². The van der Waals surface area contributed by atoms with Crippen LogP contribution in [0.15, 0.2) is 42.6 Å². The summed E-state index contributed by atoms with van der Waals surface area (Å²) in [5.41, 5.74) is 2.36. The fourth-order valence-corrected chi connectivity index (χ4v) is 3.38. The van der Waals surface area contributed by atoms with E-state index in [-0.39, 0.29) is 18.6 Å². The molecule has 0 spiro atoms. The predicted octanol–water partition coefficient (Wildman–Crippen LogP) is 3.98. The number of amides is 1. The van der Waals surface area contributed by atoms with Crippen LogP contribution in [-0.2, 0) is 11.3 Å². The molecule has 1 aromatic heterocycles. The van der Waals surface area contributed by atoms with Crippen LogP contribution >= 0.6 is 0 Å². The topological polar surface area (TPSA) is 34.5 Å². The normalized spacial score (nSPS) is 18.1. The van der Waals surface area contributed by atoms with E-state index in [0.717, 1.165) is 25.3 Å². The summed E-state index contributed by atoms with van der Waals surface area (Å²) >= 11 is 0. The van der Waals surface area contributed by atoms with Gasteiger partial charge in [0.1, 0.15) is 5.75 Å². The van der Waals surface area contributed by atoms with Crippen LogP contribution in [-0.4, -0.2) is 28.5 Å². The van der Waals surface area contributed by atoms with Crippen LogP contribution in [0.3, 0.4) is 0 Å². The first-order valence-electron chi connectivity index (χ1n) is 8.78. The molecule has 0 fully saturated rings. The van der Waals surface area contributed by atoms with Gasteiger partial charge in [0.05, 0.1) is 6.04 Å². The lowest BCUT2D eigenvalue weighted by Crippen LogP contribution is -2.42. The van der Waals surface area contributed by atoms with E-state index in [4.69, 9.17) is 4.74 Å². The fourth-order valence-electron chi connectivity index (χ4n) is 3.38. The molecule has 0 N–H and O–H groups in total. The Labute approximate surface area is 144 Å². The molecule has 3 rings (SSSR count). The van der Waals surface area contributed by atoms with Crippen LogP contribution in [0.4, 0.5) is 0 Å². The Morgan fingerprint density at radius 3 is 2.83 bits per heavy atom. The summed E-state index contributed by atoms with van der Waals surface area (Å²) in [6.45, 7) is 8.11. The Hall–Kier alpha value is -2.23. The highest BCUT2D eigenvalue weighted by molar-refractivity contribution is 5.78. The van der Waals surface area contributed by atoms with Crippen LogP contribution in [0.5, 0.6) is 5.75 Å². The van der Waals surface area contributed by atoms with Crippen molar-refractivity contribution in [3.05, 3.63) is 53.9 Å². The zero-order valence-corrected chi connectivity index (χ0v) is 14.7. The molecule has 2 aromatic rings. The van der Waals surface area contributed by atoms with Gasteiger partial charge < -0.3 is 14.2 Å². The Morgan fingerprint density at radius 1 is 1.25 bits per heavy atom. The lowest BCUT2D eigenvalue weighted by atomic mass is 9.98. The van der Waals surface area contributed by atoms with Gasteiger partial charge in [-0.15, -0.1) is 0 Å². The Morgan fingerprint density at radius 2 is 2.04 bits per heavy atom. The summed E-state index contributed by atoms with van der Waals surface area (Å²) in [5.74, 6) is 1.30. The highest BCUT2D eigenvalue weighted by Gasteiger charge is 2.27. The summed E-state index contributed by atoms with van der Waals surface area (Å²) < 4.78 is 8.11. The monoisotopic (exact) mass is 326 g/mol. The molecule has 2 heterocycles. The quantitative estimate of drug-likeness (QED) is 0.833. The van der Waals surface area contributed by atoms with Gasteiger partial charge in [0.15, 0.2) is 6.61 Å². The van der Waals surface area contributed by atoms with E-state index >= 15 is 0 Å². The minimum Gasteiger partial charge on any atom is -0.483 e. The lowest BCUT2D eigenvalue weighted by molar-refractivity contribution is -0.136. The second kappa shape index (κ2) is 7.12. The number of benzene rings is 1. The van der Waals surface area contributed by atoms with E-state index in [1.165, 1.54) is 11.3 Å². The average Bonchev–Trinajstić information content (AvgIpc) is 3.09. The standard InChI is InChI=1S/C20H26N2O2/c1-4-15(2)17-8-5-6-10-19(17)24-14-20(23)22-13-12-21-11-7-9-18(21)16(22)3/h5-11,15-16H,4,12-14H2,1-3H3. The number of carbonyl (C=O) groups excluding carboxylic acids is 1. The number of hydrogen-bond acceptors (Lipinski definition) is 2. The highest BCUT2D eigenvalue weighted by atomic mass is 16.5. The molecule has 1 aliphatic rings. The molecule has 1 amide bonds. The van der Waals surface area contributed by atoms with Crippen molar-refractivity contribution >= 4 is 5.91 Å². The maximum atomic E-state index is 12.7. The van der Waals surface area contributed by atoms with Crippen molar-refractivity contribution in [1.82, 2.24) is 9.47 Å². The molecule has 0 saturated carbocycles. The SMILES string of the molecule is CCC(C)c1ccccc1OCC(=O)N1CCn2cccc2C1C. The Balaban J connectivity index is 1.67. The summed E-state index contributed by atoms with van der Waals surface area (Å²) in [5, 5.41) is 0. The van der Waals surface area contributed by atoms with Crippen LogP contribution in [0, 0.1) is 0 Å². The molecule has 2 atom stereocenters. The van der Waals surface area contributed by atoms with Gasteiger partial charge in [-0.25, -0.2) is 0 Å². The molecule has 2 unspecified atom stereocenters. The smallest absolute Gasteiger partial charge is 0.261 e. The fraction of sp³-hybridized carbons (Fsp3) is 0.450. The van der Waals surface area contributed by atoms with Gasteiger partial charge in [0.2, 0.25) is 0 Å². The molecule has 0 aliphatic carbocycles. The minimum atomic E-state index is 0.0499. The molecule has 1 aliphatic heterocycles. The van der Waals surface area contributed by atoms with E-state index in [1.54, 1.807) is 0 Å². The van der Waals surface area contributed by atoms with E-state index in [9.17, 15) is 4.79 Å². The Bertz CT molecular complexity index is 707. The van der Waals surface area contributed by atoms with Crippen LogP contribution in [0.25, 0.3) is 0 Å². The number of aromatic nitrogens is 1. The first-order valence-corrected chi connectivity index (χ1v) is 8.78. The first-order chi connectivity index (χ1) is 11.6. The average molecular weight is 326 g/mol. The number of nitrogens with zero attached hydrogens (tertiary/aromatic N) is 2. The van der Waals surface area contributed by atoms with E-state index in [2.05, 4.69) is 43.7 Å². The zero-order valence-electron chi connectivity index (χ0n) is 14.7. The van der Waals surface area contributed by atoms with Crippen molar-refractivity contribution in [3.8, 4) is 5.75 Å². The maximum absolute atomic E-state index is 12.7. The van der Waals surface area contributed by atoms with E-state index < -0.39 is 0 Å². The summed E-state index contributed by atoms with van der Waals surface area (Å²) in [6, 6.07) is 12.2. The highest BCUT2D eigenvalue weighted by Crippen LogP contribution is 2.29. The summed E-state index contributed by atoms with van der Waals surface area (Å²) in [6.07, 6.45) is 3.13. The third-order valence-corrected chi connectivity index (χ3v) is 5.08. The van der Waals surface area contributed by atoms with Gasteiger partial charge in [-0.1, -0.05) is 32.0 Å². The molecule has 0 bridgehead atoms. The third-order valence-electron chi connectivity index (χ3n) is 5.08. The van der Waals surface area contributed by atoms with Crippen molar-refractivity contribution < 1.29 is 9.53 Å². The lowest BCUT2D eigenvalue weighted by Gasteiger charge is -2.35. The molecule has 0 saturated heterocycles. The minimum absolute atomic E-state index is 0.0499. The van der Waals surface area contributed by atoms with Gasteiger partial charge in [-0.2, -0.15) is 0 Å². The molecule has 1 aromatic carbocycles. The van der Waals surface area contributed by atoms with Crippen molar-refractivity contribution in [2.75, 3.05) is 13.2 Å². The molecule has 0 radical (unpaired) electrons.